The third kappa shape index (κ3) is 3.28. The van der Waals surface area contributed by atoms with E-state index in [4.69, 9.17) is 0 Å². The van der Waals surface area contributed by atoms with Gasteiger partial charge >= 0.3 is 0 Å². The van der Waals surface area contributed by atoms with E-state index in [1.54, 1.807) is 22.5 Å². The normalized spacial score (nSPS) is 35.9. The molecule has 1 N–H and O–H groups in total. The molecule has 1 heterocycles. The molecule has 3 unspecified atom stereocenters. The van der Waals surface area contributed by atoms with Gasteiger partial charge in [-0.2, -0.15) is 0 Å². The lowest BCUT2D eigenvalue weighted by molar-refractivity contribution is -0.138. The molecule has 5 rings (SSSR count). The van der Waals surface area contributed by atoms with Gasteiger partial charge in [0, 0.05) is 5.92 Å². The Morgan fingerprint density at radius 2 is 2.00 bits per heavy atom. The maximum Gasteiger partial charge on any atom is 0.232 e. The second kappa shape index (κ2) is 7.29. The summed E-state index contributed by atoms with van der Waals surface area (Å²) >= 11 is 1.57. The molecule has 0 spiro atoms. The number of amides is 1. The Labute approximate surface area is 184 Å². The van der Waals surface area contributed by atoms with Crippen molar-refractivity contribution in [2.75, 3.05) is 5.32 Å². The summed E-state index contributed by atoms with van der Waals surface area (Å²) in [5, 5.41) is 13.5. The standard InChI is InChI=1S/C25H35N3OS/c1-15(2)17-8-10-19-18(14-17)9-11-20-24(19,3)12-5-13-25(20,4)22(29)26-23-28-27-21(30-23)16-6-7-16/h9,14-16,19-20H,5-8,10-13H2,1-4H3,(H,26,28,29)/t19?,20?,24-,25?/m1/s1. The molecule has 0 aliphatic heterocycles. The lowest BCUT2D eigenvalue weighted by Crippen LogP contribution is -2.54. The summed E-state index contributed by atoms with van der Waals surface area (Å²) in [6.07, 6.45) is 14.2. The van der Waals surface area contributed by atoms with Crippen LogP contribution in [0.15, 0.2) is 23.3 Å². The summed E-state index contributed by atoms with van der Waals surface area (Å²) in [4.78, 5) is 13.6. The number of carbonyl (C=O) groups excluding carboxylic acids is 1. The molecule has 2 saturated carbocycles. The van der Waals surface area contributed by atoms with Gasteiger partial charge in [-0.25, -0.2) is 0 Å². The minimum Gasteiger partial charge on any atom is -0.300 e. The van der Waals surface area contributed by atoms with Crippen LogP contribution in [0.2, 0.25) is 0 Å². The van der Waals surface area contributed by atoms with Gasteiger partial charge in [-0.3, -0.25) is 4.79 Å². The molecule has 0 radical (unpaired) electrons. The SMILES string of the molecule is CC(C)C1=CC2=CCC3C(C)(C(=O)Nc4nnc(C5CC5)s4)CCC[C@]3(C)C2CC1. The van der Waals surface area contributed by atoms with Crippen molar-refractivity contribution in [1.82, 2.24) is 10.2 Å². The van der Waals surface area contributed by atoms with Crippen LogP contribution in [0, 0.1) is 28.6 Å². The molecule has 4 atom stereocenters. The zero-order valence-electron chi connectivity index (χ0n) is 18.8. The van der Waals surface area contributed by atoms with Gasteiger partial charge in [0.2, 0.25) is 11.0 Å². The second-order valence-corrected chi connectivity index (χ2v) is 11.9. The van der Waals surface area contributed by atoms with E-state index in [1.807, 2.05) is 0 Å². The molecular formula is C25H35N3OS. The molecule has 4 nitrogen and oxygen atoms in total. The molecule has 4 aliphatic rings. The zero-order chi connectivity index (χ0) is 21.1. The Kier molecular flexibility index (Phi) is 4.96. The van der Waals surface area contributed by atoms with E-state index in [9.17, 15) is 4.79 Å². The Morgan fingerprint density at radius 3 is 2.73 bits per heavy atom. The van der Waals surface area contributed by atoms with Crippen molar-refractivity contribution in [2.24, 2.45) is 28.6 Å². The van der Waals surface area contributed by atoms with Crippen LogP contribution in [-0.2, 0) is 4.79 Å². The highest BCUT2D eigenvalue weighted by atomic mass is 32.1. The van der Waals surface area contributed by atoms with Gasteiger partial charge < -0.3 is 5.32 Å². The summed E-state index contributed by atoms with van der Waals surface area (Å²) < 4.78 is 0. The van der Waals surface area contributed by atoms with Crippen molar-refractivity contribution >= 4 is 22.4 Å². The van der Waals surface area contributed by atoms with Crippen molar-refractivity contribution in [3.8, 4) is 0 Å². The van der Waals surface area contributed by atoms with Crippen LogP contribution in [0.4, 0.5) is 5.13 Å². The van der Waals surface area contributed by atoms with Gasteiger partial charge in [-0.05, 0) is 73.7 Å². The molecule has 30 heavy (non-hydrogen) atoms. The number of nitrogens with one attached hydrogen (secondary N) is 1. The largest absolute Gasteiger partial charge is 0.300 e. The van der Waals surface area contributed by atoms with Crippen molar-refractivity contribution in [3.05, 3.63) is 28.3 Å². The predicted octanol–water partition coefficient (Wildman–Crippen LogP) is 6.49. The first-order valence-electron chi connectivity index (χ1n) is 11.9. The number of hydrogen-bond acceptors (Lipinski definition) is 4. The number of nitrogens with zero attached hydrogens (tertiary/aromatic N) is 2. The topological polar surface area (TPSA) is 54.9 Å². The first kappa shape index (κ1) is 20.4. The van der Waals surface area contributed by atoms with E-state index in [0.29, 0.717) is 28.8 Å². The molecule has 0 bridgehead atoms. The van der Waals surface area contributed by atoms with Gasteiger partial charge in [-0.15, -0.1) is 10.2 Å². The monoisotopic (exact) mass is 425 g/mol. The molecule has 2 fully saturated rings. The van der Waals surface area contributed by atoms with E-state index in [-0.39, 0.29) is 16.7 Å². The Bertz CT molecular complexity index is 911. The minimum absolute atomic E-state index is 0.156. The molecule has 0 aromatic carbocycles. The third-order valence-electron chi connectivity index (χ3n) is 8.69. The van der Waals surface area contributed by atoms with Crippen molar-refractivity contribution in [3.63, 3.8) is 0 Å². The van der Waals surface area contributed by atoms with E-state index in [2.05, 4.69) is 55.4 Å². The van der Waals surface area contributed by atoms with Crippen LogP contribution in [0.5, 0.6) is 0 Å². The molecule has 1 aromatic rings. The number of hydrogen-bond donors (Lipinski definition) is 1. The predicted molar refractivity (Wildman–Crippen MR) is 122 cm³/mol. The number of rotatable bonds is 4. The molecule has 5 heteroatoms. The summed E-state index contributed by atoms with van der Waals surface area (Å²) in [6, 6.07) is 0. The van der Waals surface area contributed by atoms with Crippen LogP contribution < -0.4 is 5.32 Å². The lowest BCUT2D eigenvalue weighted by Gasteiger charge is -2.57. The van der Waals surface area contributed by atoms with Gasteiger partial charge in [-0.1, -0.05) is 63.2 Å². The number of carbonyl (C=O) groups is 1. The van der Waals surface area contributed by atoms with Crippen LogP contribution >= 0.6 is 11.3 Å². The van der Waals surface area contributed by atoms with Crippen LogP contribution in [0.1, 0.15) is 90.0 Å². The summed E-state index contributed by atoms with van der Waals surface area (Å²) in [5.41, 5.74) is 3.00. The zero-order valence-corrected chi connectivity index (χ0v) is 19.6. The molecule has 4 aliphatic carbocycles. The molecule has 1 aromatic heterocycles. The second-order valence-electron chi connectivity index (χ2n) is 10.9. The first-order valence-corrected chi connectivity index (χ1v) is 12.7. The van der Waals surface area contributed by atoms with E-state index >= 15 is 0 Å². The van der Waals surface area contributed by atoms with Gasteiger partial charge in [0.25, 0.3) is 0 Å². The van der Waals surface area contributed by atoms with Crippen LogP contribution in [-0.4, -0.2) is 16.1 Å². The fraction of sp³-hybridized carbons (Fsp3) is 0.720. The highest BCUT2D eigenvalue weighted by Gasteiger charge is 2.57. The Morgan fingerprint density at radius 1 is 1.20 bits per heavy atom. The van der Waals surface area contributed by atoms with Crippen molar-refractivity contribution in [1.29, 1.82) is 0 Å². The Hall–Kier alpha value is -1.49. The fourth-order valence-corrected chi connectivity index (χ4v) is 7.54. The molecule has 162 valence electrons. The van der Waals surface area contributed by atoms with Gasteiger partial charge in [0.15, 0.2) is 0 Å². The number of anilines is 1. The van der Waals surface area contributed by atoms with Crippen molar-refractivity contribution in [2.45, 2.75) is 85.0 Å². The quantitative estimate of drug-likeness (QED) is 0.600. The third-order valence-corrected chi connectivity index (χ3v) is 9.69. The first-order chi connectivity index (χ1) is 14.3. The summed E-state index contributed by atoms with van der Waals surface area (Å²) in [5.74, 6) is 2.35. The molecule has 0 saturated heterocycles. The van der Waals surface area contributed by atoms with E-state index < -0.39 is 0 Å². The average Bonchev–Trinajstić information content (AvgIpc) is 3.46. The maximum absolute atomic E-state index is 13.6. The lowest BCUT2D eigenvalue weighted by atomic mass is 9.46. The van der Waals surface area contributed by atoms with Crippen molar-refractivity contribution < 1.29 is 4.79 Å². The summed E-state index contributed by atoms with van der Waals surface area (Å²) in [6.45, 7) is 9.31. The average molecular weight is 426 g/mol. The van der Waals surface area contributed by atoms with E-state index in [0.717, 1.165) is 24.3 Å². The molecule has 1 amide bonds. The summed E-state index contributed by atoms with van der Waals surface area (Å²) in [7, 11) is 0. The maximum atomic E-state index is 13.6. The molecular weight excluding hydrogens is 390 g/mol. The minimum atomic E-state index is -0.345. The van der Waals surface area contributed by atoms with Crippen LogP contribution in [0.25, 0.3) is 0 Å². The smallest absolute Gasteiger partial charge is 0.232 e. The fourth-order valence-electron chi connectivity index (χ4n) is 6.64. The highest BCUT2D eigenvalue weighted by molar-refractivity contribution is 7.15. The number of allylic oxidation sites excluding steroid dienone is 4. The van der Waals surface area contributed by atoms with Gasteiger partial charge in [0.05, 0.1) is 5.41 Å². The van der Waals surface area contributed by atoms with Gasteiger partial charge in [0.1, 0.15) is 5.01 Å². The van der Waals surface area contributed by atoms with E-state index in [1.165, 1.54) is 32.1 Å². The number of fused-ring (bicyclic) bond motifs is 3. The van der Waals surface area contributed by atoms with Crippen LogP contribution in [0.3, 0.4) is 0 Å². The highest BCUT2D eigenvalue weighted by Crippen LogP contribution is 2.62. The Balaban J connectivity index is 1.40. The number of aromatic nitrogens is 2.